The Balaban J connectivity index is 0.00000104. The zero-order chi connectivity index (χ0) is 15.0. The van der Waals surface area contributed by atoms with E-state index in [4.69, 9.17) is 0 Å². The predicted octanol–water partition coefficient (Wildman–Crippen LogP) is 1.36. The van der Waals surface area contributed by atoms with Crippen LogP contribution in [0.3, 0.4) is 0 Å². The molecule has 1 saturated carbocycles. The smallest absolute Gasteiger partial charge is 0.226 e. The van der Waals surface area contributed by atoms with Gasteiger partial charge in [0.05, 0.1) is 0 Å². The molecule has 1 aliphatic carbocycles. The van der Waals surface area contributed by atoms with Crippen LogP contribution in [0.25, 0.3) is 0 Å². The van der Waals surface area contributed by atoms with Crippen LogP contribution in [0.15, 0.2) is 18.3 Å². The number of hydrogen-bond donors (Lipinski definition) is 1. The number of piperidine rings is 1. The molecule has 0 radical (unpaired) electrons. The first-order valence-electron chi connectivity index (χ1n) is 8.31. The Kier molecular flexibility index (Phi) is 6.28. The molecule has 3 aliphatic rings. The molecular weight excluding hydrogens is 349 g/mol. The summed E-state index contributed by atoms with van der Waals surface area (Å²) in [6, 6.07) is 3.89. The highest BCUT2D eigenvalue weighted by Gasteiger charge is 2.58. The molecule has 1 N–H and O–H groups in total. The molecule has 2 aliphatic heterocycles. The normalized spacial score (nSPS) is 24.8. The number of amides is 1. The Morgan fingerprint density at radius 1 is 1.17 bits per heavy atom. The van der Waals surface area contributed by atoms with Gasteiger partial charge in [0.1, 0.15) is 0 Å². The SMILES string of the molecule is Cl.Cl.O=C(C1CC12CCNCC2)N1CCN(c2cccnn2)CC1. The van der Waals surface area contributed by atoms with Crippen LogP contribution in [-0.4, -0.2) is 60.3 Å². The lowest BCUT2D eigenvalue weighted by atomic mass is 9.91. The number of aromatic nitrogens is 2. The summed E-state index contributed by atoms with van der Waals surface area (Å²) in [7, 11) is 0. The van der Waals surface area contributed by atoms with E-state index in [0.29, 0.717) is 11.3 Å². The highest BCUT2D eigenvalue weighted by Crippen LogP contribution is 2.59. The van der Waals surface area contributed by atoms with Crippen LogP contribution < -0.4 is 10.2 Å². The molecular formula is C16H25Cl2N5O. The maximum absolute atomic E-state index is 12.7. The number of nitrogens with one attached hydrogen (secondary N) is 1. The molecule has 0 bridgehead atoms. The summed E-state index contributed by atoms with van der Waals surface area (Å²) in [6.07, 6.45) is 5.14. The molecule has 1 spiro atoms. The molecule has 6 nitrogen and oxygen atoms in total. The molecule has 3 fully saturated rings. The first-order chi connectivity index (χ1) is 10.8. The van der Waals surface area contributed by atoms with Crippen LogP contribution in [-0.2, 0) is 4.79 Å². The van der Waals surface area contributed by atoms with Gasteiger partial charge in [0.15, 0.2) is 5.82 Å². The third-order valence-electron chi connectivity index (χ3n) is 5.56. The van der Waals surface area contributed by atoms with Gasteiger partial charge in [0, 0.05) is 38.3 Å². The summed E-state index contributed by atoms with van der Waals surface area (Å²) in [5.41, 5.74) is 0.338. The Labute approximate surface area is 155 Å². The van der Waals surface area contributed by atoms with Crippen LogP contribution in [0.4, 0.5) is 5.82 Å². The molecule has 8 heteroatoms. The largest absolute Gasteiger partial charge is 0.352 e. The van der Waals surface area contributed by atoms with Gasteiger partial charge in [-0.3, -0.25) is 4.79 Å². The first kappa shape index (κ1) is 19.2. The van der Waals surface area contributed by atoms with Gasteiger partial charge in [-0.25, -0.2) is 0 Å². The van der Waals surface area contributed by atoms with Crippen molar-refractivity contribution in [3.63, 3.8) is 0 Å². The maximum Gasteiger partial charge on any atom is 0.226 e. The summed E-state index contributed by atoms with van der Waals surface area (Å²) in [6.45, 7) is 5.46. The van der Waals surface area contributed by atoms with E-state index < -0.39 is 0 Å². The number of anilines is 1. The zero-order valence-corrected chi connectivity index (χ0v) is 15.3. The Morgan fingerprint density at radius 3 is 2.50 bits per heavy atom. The first-order valence-corrected chi connectivity index (χ1v) is 8.31. The summed E-state index contributed by atoms with van der Waals surface area (Å²) < 4.78 is 0. The molecule has 1 aromatic rings. The van der Waals surface area contributed by atoms with Gasteiger partial charge in [-0.05, 0) is 49.9 Å². The average molecular weight is 374 g/mol. The summed E-state index contributed by atoms with van der Waals surface area (Å²) in [5.74, 6) is 1.59. The minimum Gasteiger partial charge on any atom is -0.352 e. The fourth-order valence-corrected chi connectivity index (χ4v) is 4.01. The van der Waals surface area contributed by atoms with Gasteiger partial charge < -0.3 is 15.1 Å². The third-order valence-corrected chi connectivity index (χ3v) is 5.56. The molecule has 0 aromatic carbocycles. The van der Waals surface area contributed by atoms with Crippen molar-refractivity contribution in [2.24, 2.45) is 11.3 Å². The van der Waals surface area contributed by atoms with E-state index in [1.54, 1.807) is 6.20 Å². The lowest BCUT2D eigenvalue weighted by molar-refractivity contribution is -0.133. The van der Waals surface area contributed by atoms with Crippen molar-refractivity contribution in [3.8, 4) is 0 Å². The average Bonchev–Trinajstić information content (AvgIpc) is 3.29. The van der Waals surface area contributed by atoms with Crippen molar-refractivity contribution in [3.05, 3.63) is 18.3 Å². The Hall–Kier alpha value is -1.11. The van der Waals surface area contributed by atoms with E-state index in [2.05, 4.69) is 25.3 Å². The second-order valence-corrected chi connectivity index (χ2v) is 6.76. The topological polar surface area (TPSA) is 61.4 Å². The highest BCUT2D eigenvalue weighted by atomic mass is 35.5. The molecule has 1 aromatic heterocycles. The molecule has 4 rings (SSSR count). The van der Waals surface area contributed by atoms with Crippen molar-refractivity contribution in [2.45, 2.75) is 19.3 Å². The minimum atomic E-state index is 0. The van der Waals surface area contributed by atoms with Crippen LogP contribution >= 0.6 is 24.8 Å². The van der Waals surface area contributed by atoms with Crippen molar-refractivity contribution in [1.29, 1.82) is 0 Å². The zero-order valence-electron chi connectivity index (χ0n) is 13.7. The number of halogens is 2. The molecule has 2 saturated heterocycles. The van der Waals surface area contributed by atoms with E-state index in [0.717, 1.165) is 51.5 Å². The second-order valence-electron chi connectivity index (χ2n) is 6.76. The van der Waals surface area contributed by atoms with Gasteiger partial charge >= 0.3 is 0 Å². The Bertz CT molecular complexity index is 545. The minimum absolute atomic E-state index is 0. The predicted molar refractivity (Wildman–Crippen MR) is 98.0 cm³/mol. The van der Waals surface area contributed by atoms with Gasteiger partial charge in [-0.2, -0.15) is 5.10 Å². The van der Waals surface area contributed by atoms with Crippen LogP contribution in [0.1, 0.15) is 19.3 Å². The Morgan fingerprint density at radius 2 is 1.88 bits per heavy atom. The number of piperazine rings is 1. The molecule has 1 amide bonds. The van der Waals surface area contributed by atoms with E-state index in [1.807, 2.05) is 12.1 Å². The van der Waals surface area contributed by atoms with E-state index in [9.17, 15) is 4.79 Å². The number of carbonyl (C=O) groups excluding carboxylic acids is 1. The molecule has 1 unspecified atom stereocenters. The lowest BCUT2D eigenvalue weighted by Crippen LogP contribution is -2.50. The summed E-state index contributed by atoms with van der Waals surface area (Å²) in [5, 5.41) is 11.5. The number of rotatable bonds is 2. The van der Waals surface area contributed by atoms with Crippen LogP contribution in [0.5, 0.6) is 0 Å². The molecule has 134 valence electrons. The number of hydrogen-bond acceptors (Lipinski definition) is 5. The number of nitrogens with zero attached hydrogens (tertiary/aromatic N) is 4. The van der Waals surface area contributed by atoms with Crippen molar-refractivity contribution in [1.82, 2.24) is 20.4 Å². The fraction of sp³-hybridized carbons (Fsp3) is 0.688. The summed E-state index contributed by atoms with van der Waals surface area (Å²) in [4.78, 5) is 17.0. The monoisotopic (exact) mass is 373 g/mol. The van der Waals surface area contributed by atoms with Gasteiger partial charge in [0.25, 0.3) is 0 Å². The van der Waals surface area contributed by atoms with Crippen molar-refractivity contribution in [2.75, 3.05) is 44.2 Å². The van der Waals surface area contributed by atoms with Crippen LogP contribution in [0.2, 0.25) is 0 Å². The summed E-state index contributed by atoms with van der Waals surface area (Å²) >= 11 is 0. The third kappa shape index (κ3) is 3.60. The maximum atomic E-state index is 12.7. The van der Waals surface area contributed by atoms with Gasteiger partial charge in [0.2, 0.25) is 5.91 Å². The second kappa shape index (κ2) is 7.85. The molecule has 24 heavy (non-hydrogen) atoms. The standard InChI is InChI=1S/C16H23N5O.2ClH/c22-15(13-12-16(13)3-6-17-7-4-16)21-10-8-20(9-11-21)14-2-1-5-18-19-14;;/h1-2,5,13,17H,3-4,6-12H2;2*1H. The van der Waals surface area contributed by atoms with E-state index >= 15 is 0 Å². The lowest BCUT2D eigenvalue weighted by Gasteiger charge is -2.36. The number of carbonyl (C=O) groups is 1. The van der Waals surface area contributed by atoms with Crippen LogP contribution in [0, 0.1) is 11.3 Å². The van der Waals surface area contributed by atoms with Gasteiger partial charge in [-0.1, -0.05) is 0 Å². The molecule has 3 heterocycles. The molecule has 1 atom stereocenters. The van der Waals surface area contributed by atoms with E-state index in [-0.39, 0.29) is 30.7 Å². The van der Waals surface area contributed by atoms with Crippen molar-refractivity contribution >= 4 is 36.5 Å². The van der Waals surface area contributed by atoms with E-state index in [1.165, 1.54) is 12.8 Å². The van der Waals surface area contributed by atoms with Gasteiger partial charge in [-0.15, -0.1) is 29.9 Å². The quantitative estimate of drug-likeness (QED) is 0.847. The van der Waals surface area contributed by atoms with Crippen molar-refractivity contribution < 1.29 is 4.79 Å². The highest BCUT2D eigenvalue weighted by molar-refractivity contribution is 5.85. The fourth-order valence-electron chi connectivity index (χ4n) is 4.01.